The molecule has 5 heteroatoms. The Balaban J connectivity index is 1.99. The summed E-state index contributed by atoms with van der Waals surface area (Å²) in [7, 11) is 0. The minimum atomic E-state index is -0.0878. The molecule has 1 aromatic rings. The number of pyridine rings is 1. The van der Waals surface area contributed by atoms with Gasteiger partial charge in [0.25, 0.3) is 0 Å². The third-order valence-electron chi connectivity index (χ3n) is 2.61. The molecule has 0 spiro atoms. The molecule has 1 aliphatic heterocycles. The third-order valence-corrected chi connectivity index (χ3v) is 2.61. The van der Waals surface area contributed by atoms with E-state index >= 15 is 0 Å². The number of nitrogens with zero attached hydrogens (tertiary/aromatic N) is 1. The molecule has 16 heavy (non-hydrogen) atoms. The second kappa shape index (κ2) is 4.94. The monoisotopic (exact) mass is 221 g/mol. The lowest BCUT2D eigenvalue weighted by molar-refractivity contribution is -0.123. The molecule has 0 saturated carbocycles. The van der Waals surface area contributed by atoms with Gasteiger partial charge in [0.2, 0.25) is 5.91 Å². The van der Waals surface area contributed by atoms with Crippen LogP contribution in [0.4, 0.5) is 11.5 Å². The first kappa shape index (κ1) is 10.9. The molecule has 1 atom stereocenters. The van der Waals surface area contributed by atoms with Crippen molar-refractivity contribution in [2.24, 2.45) is 5.92 Å². The summed E-state index contributed by atoms with van der Waals surface area (Å²) in [5, 5.41) is 2.72. The molecule has 1 aromatic heterocycles. The lowest BCUT2D eigenvalue weighted by atomic mass is 10.0. The minimum absolute atomic E-state index is 0.0647. The number of rotatable bonds is 2. The molecule has 0 bridgehead atoms. The van der Waals surface area contributed by atoms with Crippen molar-refractivity contribution in [3.63, 3.8) is 0 Å². The van der Waals surface area contributed by atoms with Gasteiger partial charge in [0.15, 0.2) is 5.82 Å². The van der Waals surface area contributed by atoms with Crippen LogP contribution in [0.5, 0.6) is 0 Å². The van der Waals surface area contributed by atoms with Gasteiger partial charge in [-0.3, -0.25) is 4.79 Å². The number of hydrogen-bond donors (Lipinski definition) is 2. The lowest BCUT2D eigenvalue weighted by Gasteiger charge is -2.21. The summed E-state index contributed by atoms with van der Waals surface area (Å²) in [6.45, 7) is 1.23. The average molecular weight is 221 g/mol. The van der Waals surface area contributed by atoms with Crippen LogP contribution in [0.3, 0.4) is 0 Å². The summed E-state index contributed by atoms with van der Waals surface area (Å²) in [4.78, 5) is 15.8. The fourth-order valence-corrected chi connectivity index (χ4v) is 1.69. The van der Waals surface area contributed by atoms with Crippen molar-refractivity contribution in [2.75, 3.05) is 24.3 Å². The van der Waals surface area contributed by atoms with Gasteiger partial charge in [-0.1, -0.05) is 0 Å². The van der Waals surface area contributed by atoms with Crippen LogP contribution in [0.1, 0.15) is 12.8 Å². The number of nitrogens with one attached hydrogen (secondary N) is 1. The zero-order chi connectivity index (χ0) is 11.4. The number of nitrogens with two attached hydrogens (primary N) is 1. The highest BCUT2D eigenvalue weighted by Gasteiger charge is 2.22. The van der Waals surface area contributed by atoms with Crippen molar-refractivity contribution >= 4 is 17.4 Å². The standard InChI is InChI=1S/C11H15N3O2/c12-9-4-1-5-13-10(9)14-11(15)8-3-2-6-16-7-8/h1,4-5,8H,2-3,6-7,12H2,(H,13,14,15). The maximum absolute atomic E-state index is 11.8. The molecule has 2 heterocycles. The summed E-state index contributed by atoms with van der Waals surface area (Å²) in [5.41, 5.74) is 6.17. The quantitative estimate of drug-likeness (QED) is 0.782. The van der Waals surface area contributed by atoms with Crippen LogP contribution in [0.15, 0.2) is 18.3 Å². The molecule has 0 radical (unpaired) electrons. The van der Waals surface area contributed by atoms with E-state index in [1.165, 1.54) is 0 Å². The van der Waals surface area contributed by atoms with E-state index < -0.39 is 0 Å². The Morgan fingerprint density at radius 1 is 1.62 bits per heavy atom. The fraction of sp³-hybridized carbons (Fsp3) is 0.455. The summed E-state index contributed by atoms with van der Waals surface area (Å²) >= 11 is 0. The van der Waals surface area contributed by atoms with Crippen LogP contribution < -0.4 is 11.1 Å². The number of amides is 1. The molecule has 3 N–H and O–H groups in total. The second-order valence-electron chi connectivity index (χ2n) is 3.84. The summed E-state index contributed by atoms with van der Waals surface area (Å²) in [6.07, 6.45) is 3.39. The second-order valence-corrected chi connectivity index (χ2v) is 3.84. The van der Waals surface area contributed by atoms with E-state index in [0.717, 1.165) is 19.4 Å². The number of carbonyl (C=O) groups is 1. The molecule has 1 amide bonds. The number of ether oxygens (including phenoxy) is 1. The number of anilines is 2. The third kappa shape index (κ3) is 2.49. The molecule has 1 fully saturated rings. The van der Waals surface area contributed by atoms with Crippen molar-refractivity contribution in [3.8, 4) is 0 Å². The highest BCUT2D eigenvalue weighted by Crippen LogP contribution is 2.18. The van der Waals surface area contributed by atoms with Crippen molar-refractivity contribution in [1.82, 2.24) is 4.98 Å². The van der Waals surface area contributed by atoms with Gasteiger partial charge in [0, 0.05) is 12.8 Å². The van der Waals surface area contributed by atoms with Crippen molar-refractivity contribution in [3.05, 3.63) is 18.3 Å². The molecule has 0 aromatic carbocycles. The van der Waals surface area contributed by atoms with Crippen LogP contribution in [-0.2, 0) is 9.53 Å². The van der Waals surface area contributed by atoms with Gasteiger partial charge in [-0.2, -0.15) is 0 Å². The van der Waals surface area contributed by atoms with E-state index in [-0.39, 0.29) is 11.8 Å². The highest BCUT2D eigenvalue weighted by molar-refractivity contribution is 5.94. The maximum Gasteiger partial charge on any atom is 0.231 e. The smallest absolute Gasteiger partial charge is 0.231 e. The Labute approximate surface area is 94.0 Å². The summed E-state index contributed by atoms with van der Waals surface area (Å²) < 4.78 is 5.26. The molecule has 1 aliphatic rings. The Morgan fingerprint density at radius 2 is 2.50 bits per heavy atom. The molecule has 86 valence electrons. The summed E-state index contributed by atoms with van der Waals surface area (Å²) in [5.74, 6) is 0.276. The molecule has 0 aliphatic carbocycles. The average Bonchev–Trinajstić information content (AvgIpc) is 2.33. The SMILES string of the molecule is Nc1cccnc1NC(=O)C1CCCOC1. The van der Waals surface area contributed by atoms with Gasteiger partial charge in [0.1, 0.15) is 0 Å². The zero-order valence-corrected chi connectivity index (χ0v) is 8.98. The molecular weight excluding hydrogens is 206 g/mol. The van der Waals surface area contributed by atoms with Gasteiger partial charge >= 0.3 is 0 Å². The van der Waals surface area contributed by atoms with Crippen LogP contribution in [0.2, 0.25) is 0 Å². The Morgan fingerprint density at radius 3 is 3.19 bits per heavy atom. The normalized spacial score (nSPS) is 20.4. The number of nitrogen functional groups attached to an aromatic ring is 1. The molecule has 2 rings (SSSR count). The van der Waals surface area contributed by atoms with E-state index in [0.29, 0.717) is 18.1 Å². The van der Waals surface area contributed by atoms with E-state index in [1.54, 1.807) is 18.3 Å². The lowest BCUT2D eigenvalue weighted by Crippen LogP contribution is -2.30. The predicted molar refractivity (Wildman–Crippen MR) is 60.8 cm³/mol. The van der Waals surface area contributed by atoms with Gasteiger partial charge < -0.3 is 15.8 Å². The first-order valence-electron chi connectivity index (χ1n) is 5.36. The topological polar surface area (TPSA) is 77.2 Å². The van der Waals surface area contributed by atoms with E-state index in [9.17, 15) is 4.79 Å². The molecular formula is C11H15N3O2. The van der Waals surface area contributed by atoms with E-state index in [1.807, 2.05) is 0 Å². The van der Waals surface area contributed by atoms with Crippen LogP contribution in [0.25, 0.3) is 0 Å². The maximum atomic E-state index is 11.8. The van der Waals surface area contributed by atoms with Gasteiger partial charge in [-0.05, 0) is 25.0 Å². The molecule has 5 nitrogen and oxygen atoms in total. The van der Waals surface area contributed by atoms with Crippen molar-refractivity contribution in [2.45, 2.75) is 12.8 Å². The fourth-order valence-electron chi connectivity index (χ4n) is 1.69. The van der Waals surface area contributed by atoms with E-state index in [4.69, 9.17) is 10.5 Å². The largest absolute Gasteiger partial charge is 0.396 e. The molecule has 1 saturated heterocycles. The number of carbonyl (C=O) groups excluding carboxylic acids is 1. The summed E-state index contributed by atoms with van der Waals surface area (Å²) in [6, 6.07) is 3.44. The Kier molecular flexibility index (Phi) is 3.36. The number of aromatic nitrogens is 1. The van der Waals surface area contributed by atoms with Crippen LogP contribution in [0, 0.1) is 5.92 Å². The van der Waals surface area contributed by atoms with Gasteiger partial charge in [-0.15, -0.1) is 0 Å². The van der Waals surface area contributed by atoms with Gasteiger partial charge in [0.05, 0.1) is 18.2 Å². The predicted octanol–water partition coefficient (Wildman–Crippen LogP) is 1.03. The van der Waals surface area contributed by atoms with E-state index in [2.05, 4.69) is 10.3 Å². The number of hydrogen-bond acceptors (Lipinski definition) is 4. The highest BCUT2D eigenvalue weighted by atomic mass is 16.5. The van der Waals surface area contributed by atoms with Crippen LogP contribution >= 0.6 is 0 Å². The Bertz CT molecular complexity index is 375. The van der Waals surface area contributed by atoms with Crippen molar-refractivity contribution < 1.29 is 9.53 Å². The van der Waals surface area contributed by atoms with Gasteiger partial charge in [-0.25, -0.2) is 4.98 Å². The Hall–Kier alpha value is -1.62. The molecule has 1 unspecified atom stereocenters. The van der Waals surface area contributed by atoms with Crippen molar-refractivity contribution in [1.29, 1.82) is 0 Å². The first-order chi connectivity index (χ1) is 7.77. The minimum Gasteiger partial charge on any atom is -0.396 e. The first-order valence-corrected chi connectivity index (χ1v) is 5.36. The van der Waals surface area contributed by atoms with Crippen LogP contribution in [-0.4, -0.2) is 24.1 Å². The zero-order valence-electron chi connectivity index (χ0n) is 8.98.